The highest BCUT2D eigenvalue weighted by Crippen LogP contribution is 2.24. The Morgan fingerprint density at radius 2 is 1.83 bits per heavy atom. The second-order valence-electron chi connectivity index (χ2n) is 6.68. The van der Waals surface area contributed by atoms with Gasteiger partial charge in [-0.05, 0) is 61.0 Å². The van der Waals surface area contributed by atoms with Crippen molar-refractivity contribution in [1.82, 2.24) is 15.4 Å². The summed E-state index contributed by atoms with van der Waals surface area (Å²) >= 11 is 0. The zero-order valence-corrected chi connectivity index (χ0v) is 16.7. The number of aromatic nitrogens is 2. The van der Waals surface area contributed by atoms with Crippen molar-refractivity contribution in [2.24, 2.45) is 5.10 Å². The zero-order chi connectivity index (χ0) is 20.9. The van der Waals surface area contributed by atoms with Crippen LogP contribution < -0.4 is 10.2 Å². The third kappa shape index (κ3) is 4.03. The number of rotatable bonds is 5. The van der Waals surface area contributed by atoms with E-state index in [1.165, 1.54) is 0 Å². The number of hydrogen-bond acceptors (Lipinski definition) is 5. The van der Waals surface area contributed by atoms with Gasteiger partial charge in [-0.2, -0.15) is 5.10 Å². The van der Waals surface area contributed by atoms with E-state index < -0.39 is 0 Å². The lowest BCUT2D eigenvalue weighted by Crippen LogP contribution is -2.20. The molecule has 0 atom stereocenters. The molecule has 0 unspecified atom stereocenters. The fraction of sp³-hybridized carbons (Fsp3) is 0.0833. The molecule has 0 spiro atoms. The molecule has 2 aromatic heterocycles. The maximum atomic E-state index is 13.0. The number of methoxy groups -OCH3 is 1. The minimum Gasteiger partial charge on any atom is -0.497 e. The van der Waals surface area contributed by atoms with Gasteiger partial charge in [-0.25, -0.2) is 10.4 Å². The van der Waals surface area contributed by atoms with Gasteiger partial charge in [0.05, 0.1) is 29.6 Å². The van der Waals surface area contributed by atoms with Crippen LogP contribution in [0.1, 0.15) is 22.8 Å². The highest BCUT2D eigenvalue weighted by atomic mass is 16.5. The van der Waals surface area contributed by atoms with Crippen LogP contribution in [0.25, 0.3) is 22.2 Å². The number of hydrazone groups is 1. The fourth-order valence-corrected chi connectivity index (χ4v) is 3.12. The fourth-order valence-electron chi connectivity index (χ4n) is 3.12. The molecule has 0 fully saturated rings. The van der Waals surface area contributed by atoms with E-state index in [9.17, 15) is 4.79 Å². The Hall–Kier alpha value is -4.06. The smallest absolute Gasteiger partial charge is 0.272 e. The van der Waals surface area contributed by atoms with E-state index in [0.717, 1.165) is 27.8 Å². The van der Waals surface area contributed by atoms with E-state index in [0.29, 0.717) is 17.0 Å². The minimum atomic E-state index is -0.299. The van der Waals surface area contributed by atoms with Gasteiger partial charge in [0.1, 0.15) is 5.75 Å². The van der Waals surface area contributed by atoms with E-state index in [4.69, 9.17) is 4.74 Å². The monoisotopic (exact) mass is 396 g/mol. The number of nitrogens with zero attached hydrogens (tertiary/aromatic N) is 3. The topological polar surface area (TPSA) is 76.5 Å². The summed E-state index contributed by atoms with van der Waals surface area (Å²) in [7, 11) is 1.62. The molecule has 2 heterocycles. The molecule has 1 N–H and O–H groups in total. The first kappa shape index (κ1) is 19.3. The predicted molar refractivity (Wildman–Crippen MR) is 118 cm³/mol. The van der Waals surface area contributed by atoms with Gasteiger partial charge >= 0.3 is 0 Å². The highest BCUT2D eigenvalue weighted by Gasteiger charge is 2.14. The average molecular weight is 396 g/mol. The summed E-state index contributed by atoms with van der Waals surface area (Å²) in [5, 5.41) is 5.04. The van der Waals surface area contributed by atoms with Crippen LogP contribution in [0, 0.1) is 0 Å². The molecule has 2 aromatic carbocycles. The Morgan fingerprint density at radius 3 is 2.57 bits per heavy atom. The maximum absolute atomic E-state index is 13.0. The molecule has 148 valence electrons. The normalized spacial score (nSPS) is 11.3. The molecule has 0 aliphatic rings. The van der Waals surface area contributed by atoms with Gasteiger partial charge in [0, 0.05) is 23.3 Å². The molecule has 0 aliphatic heterocycles. The van der Waals surface area contributed by atoms with Crippen molar-refractivity contribution >= 4 is 22.5 Å². The molecule has 0 aliphatic carbocycles. The van der Waals surface area contributed by atoms with Crippen LogP contribution in [0.15, 0.2) is 84.2 Å². The summed E-state index contributed by atoms with van der Waals surface area (Å²) < 4.78 is 5.17. The Labute approximate surface area is 174 Å². The van der Waals surface area contributed by atoms with Crippen molar-refractivity contribution < 1.29 is 9.53 Å². The Bertz CT molecular complexity index is 1220. The van der Waals surface area contributed by atoms with E-state index in [1.54, 1.807) is 25.6 Å². The van der Waals surface area contributed by atoms with Crippen molar-refractivity contribution in [1.29, 1.82) is 0 Å². The third-order valence-electron chi connectivity index (χ3n) is 4.75. The Kier molecular flexibility index (Phi) is 5.48. The molecule has 0 radical (unpaired) electrons. The van der Waals surface area contributed by atoms with Crippen LogP contribution in [0.5, 0.6) is 5.75 Å². The lowest BCUT2D eigenvalue weighted by Gasteiger charge is -2.09. The summed E-state index contributed by atoms with van der Waals surface area (Å²) in [6.45, 7) is 1.84. The van der Waals surface area contributed by atoms with Crippen LogP contribution in [-0.2, 0) is 0 Å². The lowest BCUT2D eigenvalue weighted by molar-refractivity contribution is 0.0956. The average Bonchev–Trinajstić information content (AvgIpc) is 2.82. The number of pyridine rings is 2. The van der Waals surface area contributed by atoms with Gasteiger partial charge in [0.25, 0.3) is 5.91 Å². The zero-order valence-electron chi connectivity index (χ0n) is 16.7. The summed E-state index contributed by atoms with van der Waals surface area (Å²) in [4.78, 5) is 21.8. The Morgan fingerprint density at radius 1 is 1.03 bits per heavy atom. The number of hydrogen-bond donors (Lipinski definition) is 1. The molecular weight excluding hydrogens is 376 g/mol. The SMILES string of the molecule is COc1ccc(/C(C)=N/NC(=O)c2cc(-c3cccnc3)nc3ccccc23)cc1. The molecule has 6 heteroatoms. The Balaban J connectivity index is 1.66. The molecule has 6 nitrogen and oxygen atoms in total. The second-order valence-corrected chi connectivity index (χ2v) is 6.68. The molecule has 0 bridgehead atoms. The molecule has 30 heavy (non-hydrogen) atoms. The van der Waals surface area contributed by atoms with Crippen molar-refractivity contribution in [2.45, 2.75) is 6.92 Å². The highest BCUT2D eigenvalue weighted by molar-refractivity contribution is 6.08. The molecular formula is C24H20N4O2. The van der Waals surface area contributed by atoms with Crippen LogP contribution in [-0.4, -0.2) is 28.7 Å². The number of carbonyl (C=O) groups is 1. The first-order valence-electron chi connectivity index (χ1n) is 9.45. The van der Waals surface area contributed by atoms with Gasteiger partial charge in [-0.1, -0.05) is 18.2 Å². The largest absolute Gasteiger partial charge is 0.497 e. The number of fused-ring (bicyclic) bond motifs is 1. The van der Waals surface area contributed by atoms with Crippen LogP contribution >= 0.6 is 0 Å². The van der Waals surface area contributed by atoms with E-state index in [1.807, 2.05) is 67.6 Å². The quantitative estimate of drug-likeness (QED) is 0.399. The molecule has 4 aromatic rings. The maximum Gasteiger partial charge on any atom is 0.272 e. The van der Waals surface area contributed by atoms with Crippen molar-refractivity contribution in [3.63, 3.8) is 0 Å². The lowest BCUT2D eigenvalue weighted by atomic mass is 10.0. The number of carbonyl (C=O) groups excluding carboxylic acids is 1. The van der Waals surface area contributed by atoms with Gasteiger partial charge in [-0.3, -0.25) is 9.78 Å². The van der Waals surface area contributed by atoms with Crippen LogP contribution in [0.2, 0.25) is 0 Å². The number of nitrogens with one attached hydrogen (secondary N) is 1. The number of para-hydroxylation sites is 1. The van der Waals surface area contributed by atoms with Crippen LogP contribution in [0.4, 0.5) is 0 Å². The predicted octanol–water partition coefficient (Wildman–Crippen LogP) is 4.46. The number of ether oxygens (including phenoxy) is 1. The number of benzene rings is 2. The van der Waals surface area contributed by atoms with Gasteiger partial charge in [-0.15, -0.1) is 0 Å². The molecule has 0 saturated carbocycles. The van der Waals surface area contributed by atoms with Crippen molar-refractivity contribution in [3.8, 4) is 17.0 Å². The minimum absolute atomic E-state index is 0.299. The van der Waals surface area contributed by atoms with E-state index in [2.05, 4.69) is 20.5 Å². The summed E-state index contributed by atoms with van der Waals surface area (Å²) in [5.41, 5.74) is 7.02. The number of amides is 1. The summed E-state index contributed by atoms with van der Waals surface area (Å²) in [6.07, 6.45) is 3.43. The summed E-state index contributed by atoms with van der Waals surface area (Å²) in [6, 6.07) is 20.6. The van der Waals surface area contributed by atoms with Crippen molar-refractivity contribution in [3.05, 3.63) is 90.3 Å². The van der Waals surface area contributed by atoms with Gasteiger partial charge in [0.2, 0.25) is 0 Å². The molecule has 1 amide bonds. The van der Waals surface area contributed by atoms with Crippen LogP contribution in [0.3, 0.4) is 0 Å². The third-order valence-corrected chi connectivity index (χ3v) is 4.75. The summed E-state index contributed by atoms with van der Waals surface area (Å²) in [5.74, 6) is 0.466. The van der Waals surface area contributed by atoms with E-state index >= 15 is 0 Å². The first-order valence-corrected chi connectivity index (χ1v) is 9.45. The first-order chi connectivity index (χ1) is 14.7. The standard InChI is InChI=1S/C24H20N4O2/c1-16(17-9-11-19(30-2)12-10-17)27-28-24(29)21-14-23(18-6-5-13-25-15-18)26-22-8-4-3-7-20(21)22/h3-15H,1-2H3,(H,28,29)/b27-16+. The van der Waals surface area contributed by atoms with Crippen molar-refractivity contribution in [2.75, 3.05) is 7.11 Å². The second kappa shape index (κ2) is 8.53. The van der Waals surface area contributed by atoms with Gasteiger partial charge < -0.3 is 4.74 Å². The molecule has 0 saturated heterocycles. The van der Waals surface area contributed by atoms with Gasteiger partial charge in [0.15, 0.2) is 0 Å². The molecule has 4 rings (SSSR count). The van der Waals surface area contributed by atoms with E-state index in [-0.39, 0.29) is 5.91 Å².